The maximum absolute atomic E-state index is 12.5. The number of hydrogen-bond donors (Lipinski definition) is 1. The molecule has 1 aliphatic rings. The molecule has 0 spiro atoms. The molecule has 1 heterocycles. The molecule has 0 aromatic heterocycles. The van der Waals surface area contributed by atoms with Gasteiger partial charge in [0.15, 0.2) is 0 Å². The number of carbonyl (C=O) groups excluding carboxylic acids is 1. The molecule has 1 atom stereocenters. The molecule has 1 saturated heterocycles. The Morgan fingerprint density at radius 3 is 2.48 bits per heavy atom. The van der Waals surface area contributed by atoms with E-state index in [1.165, 1.54) is 11.1 Å². The van der Waals surface area contributed by atoms with Crippen molar-refractivity contribution >= 4 is 6.03 Å². The highest BCUT2D eigenvalue weighted by Gasteiger charge is 2.29. The molecule has 2 aromatic carbocycles. The standard InChI is InChI=1S/C20H24N2O/c23-20(21-15-7-11-17-9-3-1-4-10-17)22-16-8-14-19(22)18-12-5-2-6-13-18/h1-6,9-10,12-13,19H,7-8,11,14-16H2,(H,21,23). The minimum absolute atomic E-state index is 0.0735. The normalized spacial score (nSPS) is 17.2. The fourth-order valence-corrected chi connectivity index (χ4v) is 3.27. The van der Waals surface area contributed by atoms with Crippen molar-refractivity contribution in [2.24, 2.45) is 0 Å². The quantitative estimate of drug-likeness (QED) is 0.826. The lowest BCUT2D eigenvalue weighted by Crippen LogP contribution is -2.39. The van der Waals surface area contributed by atoms with Gasteiger partial charge in [0.2, 0.25) is 0 Å². The Morgan fingerprint density at radius 1 is 1.04 bits per heavy atom. The van der Waals surface area contributed by atoms with E-state index in [1.807, 2.05) is 29.2 Å². The monoisotopic (exact) mass is 308 g/mol. The van der Waals surface area contributed by atoms with Gasteiger partial charge in [0.25, 0.3) is 0 Å². The zero-order valence-corrected chi connectivity index (χ0v) is 13.4. The average molecular weight is 308 g/mol. The minimum atomic E-state index is 0.0735. The summed E-state index contributed by atoms with van der Waals surface area (Å²) in [7, 11) is 0. The Bertz CT molecular complexity index is 612. The molecule has 1 aliphatic heterocycles. The third kappa shape index (κ3) is 4.13. The fourth-order valence-electron chi connectivity index (χ4n) is 3.27. The number of hydrogen-bond acceptors (Lipinski definition) is 1. The van der Waals surface area contributed by atoms with E-state index in [-0.39, 0.29) is 12.1 Å². The Morgan fingerprint density at radius 2 is 1.74 bits per heavy atom. The Balaban J connectivity index is 1.48. The molecule has 0 radical (unpaired) electrons. The molecule has 3 rings (SSSR count). The molecular weight excluding hydrogens is 284 g/mol. The van der Waals surface area contributed by atoms with Crippen LogP contribution in [0.15, 0.2) is 60.7 Å². The number of benzene rings is 2. The highest BCUT2D eigenvalue weighted by molar-refractivity contribution is 5.75. The van der Waals surface area contributed by atoms with Gasteiger partial charge in [-0.25, -0.2) is 4.79 Å². The van der Waals surface area contributed by atoms with Gasteiger partial charge in [0.05, 0.1) is 6.04 Å². The number of amides is 2. The van der Waals surface area contributed by atoms with Crippen LogP contribution in [-0.2, 0) is 6.42 Å². The second-order valence-electron chi connectivity index (χ2n) is 6.08. The van der Waals surface area contributed by atoms with Gasteiger partial charge in [-0.15, -0.1) is 0 Å². The van der Waals surface area contributed by atoms with Crippen LogP contribution >= 0.6 is 0 Å². The van der Waals surface area contributed by atoms with Gasteiger partial charge in [-0.1, -0.05) is 60.7 Å². The molecule has 3 nitrogen and oxygen atoms in total. The molecule has 0 bridgehead atoms. The van der Waals surface area contributed by atoms with Crippen molar-refractivity contribution in [2.75, 3.05) is 13.1 Å². The van der Waals surface area contributed by atoms with E-state index in [9.17, 15) is 4.79 Å². The van der Waals surface area contributed by atoms with Crippen LogP contribution in [-0.4, -0.2) is 24.0 Å². The molecule has 23 heavy (non-hydrogen) atoms. The Kier molecular flexibility index (Phi) is 5.30. The van der Waals surface area contributed by atoms with Crippen molar-refractivity contribution in [1.29, 1.82) is 0 Å². The number of carbonyl (C=O) groups is 1. The van der Waals surface area contributed by atoms with Gasteiger partial charge in [-0.3, -0.25) is 0 Å². The second kappa shape index (κ2) is 7.82. The smallest absolute Gasteiger partial charge is 0.317 e. The zero-order chi connectivity index (χ0) is 15.9. The number of aryl methyl sites for hydroxylation is 1. The molecule has 2 amide bonds. The minimum Gasteiger partial charge on any atom is -0.338 e. The Labute approximate surface area is 138 Å². The fraction of sp³-hybridized carbons (Fsp3) is 0.350. The molecule has 120 valence electrons. The summed E-state index contributed by atoms with van der Waals surface area (Å²) in [6.45, 7) is 1.58. The van der Waals surface area contributed by atoms with Crippen molar-refractivity contribution in [3.8, 4) is 0 Å². The van der Waals surface area contributed by atoms with E-state index in [0.717, 1.165) is 38.8 Å². The predicted molar refractivity (Wildman–Crippen MR) is 93.3 cm³/mol. The first-order valence-electron chi connectivity index (χ1n) is 8.48. The lowest BCUT2D eigenvalue weighted by Gasteiger charge is -2.25. The van der Waals surface area contributed by atoms with Crippen LogP contribution in [0.4, 0.5) is 4.79 Å². The van der Waals surface area contributed by atoms with Gasteiger partial charge in [-0.05, 0) is 36.8 Å². The summed E-state index contributed by atoms with van der Waals surface area (Å²) < 4.78 is 0. The largest absolute Gasteiger partial charge is 0.338 e. The van der Waals surface area contributed by atoms with Gasteiger partial charge >= 0.3 is 6.03 Å². The summed E-state index contributed by atoms with van der Waals surface area (Å²) >= 11 is 0. The molecule has 0 aliphatic carbocycles. The van der Waals surface area contributed by atoms with Crippen molar-refractivity contribution < 1.29 is 4.79 Å². The highest BCUT2D eigenvalue weighted by atomic mass is 16.2. The van der Waals surface area contributed by atoms with Crippen LogP contribution in [0.2, 0.25) is 0 Å². The number of rotatable bonds is 5. The molecule has 1 unspecified atom stereocenters. The third-order valence-electron chi connectivity index (χ3n) is 4.46. The summed E-state index contributed by atoms with van der Waals surface area (Å²) in [4.78, 5) is 14.4. The van der Waals surface area contributed by atoms with Crippen LogP contribution in [0.1, 0.15) is 36.4 Å². The molecule has 2 aromatic rings. The van der Waals surface area contributed by atoms with Gasteiger partial charge in [0.1, 0.15) is 0 Å². The summed E-state index contributed by atoms with van der Waals surface area (Å²) in [6, 6.07) is 21.1. The molecule has 3 heteroatoms. The zero-order valence-electron chi connectivity index (χ0n) is 13.4. The maximum Gasteiger partial charge on any atom is 0.317 e. The SMILES string of the molecule is O=C(NCCCc1ccccc1)N1CCCC1c1ccccc1. The molecule has 1 fully saturated rings. The molecular formula is C20H24N2O. The van der Waals surface area contributed by atoms with E-state index < -0.39 is 0 Å². The van der Waals surface area contributed by atoms with Crippen LogP contribution < -0.4 is 5.32 Å². The van der Waals surface area contributed by atoms with Crippen molar-refractivity contribution in [3.05, 3.63) is 71.8 Å². The summed E-state index contributed by atoms with van der Waals surface area (Å²) in [5.74, 6) is 0. The van der Waals surface area contributed by atoms with Gasteiger partial charge < -0.3 is 10.2 Å². The maximum atomic E-state index is 12.5. The van der Waals surface area contributed by atoms with Crippen LogP contribution in [0.25, 0.3) is 0 Å². The van der Waals surface area contributed by atoms with E-state index in [4.69, 9.17) is 0 Å². The predicted octanol–water partition coefficient (Wildman–Crippen LogP) is 4.17. The first-order valence-corrected chi connectivity index (χ1v) is 8.48. The molecule has 1 N–H and O–H groups in total. The van der Waals surface area contributed by atoms with Crippen LogP contribution in [0, 0.1) is 0 Å². The van der Waals surface area contributed by atoms with E-state index in [2.05, 4.69) is 41.7 Å². The first kappa shape index (κ1) is 15.6. The number of urea groups is 1. The van der Waals surface area contributed by atoms with Crippen molar-refractivity contribution in [1.82, 2.24) is 10.2 Å². The van der Waals surface area contributed by atoms with E-state index in [0.29, 0.717) is 0 Å². The molecule has 0 saturated carbocycles. The topological polar surface area (TPSA) is 32.3 Å². The van der Waals surface area contributed by atoms with Gasteiger partial charge in [-0.2, -0.15) is 0 Å². The average Bonchev–Trinajstić information content (AvgIpc) is 3.10. The van der Waals surface area contributed by atoms with Gasteiger partial charge in [0, 0.05) is 13.1 Å². The van der Waals surface area contributed by atoms with Crippen LogP contribution in [0.3, 0.4) is 0 Å². The third-order valence-corrected chi connectivity index (χ3v) is 4.46. The van der Waals surface area contributed by atoms with Crippen LogP contribution in [0.5, 0.6) is 0 Å². The van der Waals surface area contributed by atoms with E-state index in [1.54, 1.807) is 0 Å². The highest BCUT2D eigenvalue weighted by Crippen LogP contribution is 2.31. The number of nitrogens with one attached hydrogen (secondary N) is 1. The second-order valence-corrected chi connectivity index (χ2v) is 6.08. The lowest BCUT2D eigenvalue weighted by molar-refractivity contribution is 0.193. The summed E-state index contributed by atoms with van der Waals surface area (Å²) in [5.41, 5.74) is 2.56. The summed E-state index contributed by atoms with van der Waals surface area (Å²) in [5, 5.41) is 3.08. The number of nitrogens with zero attached hydrogens (tertiary/aromatic N) is 1. The number of likely N-dealkylation sites (tertiary alicyclic amines) is 1. The first-order chi connectivity index (χ1) is 11.3. The van der Waals surface area contributed by atoms with Crippen molar-refractivity contribution in [2.45, 2.75) is 31.7 Å². The van der Waals surface area contributed by atoms with E-state index >= 15 is 0 Å². The summed E-state index contributed by atoms with van der Waals surface area (Å²) in [6.07, 6.45) is 4.11. The Hall–Kier alpha value is -2.29. The lowest BCUT2D eigenvalue weighted by atomic mass is 10.1. The van der Waals surface area contributed by atoms with Crippen molar-refractivity contribution in [3.63, 3.8) is 0 Å².